The molecule has 0 radical (unpaired) electrons. The van der Waals surface area contributed by atoms with Gasteiger partial charge in [0.1, 0.15) is 17.7 Å². The number of aromatic nitrogens is 2. The lowest BCUT2D eigenvalue weighted by Crippen LogP contribution is -2.48. The molecule has 31 heavy (non-hydrogen) atoms. The number of nitrogens with one attached hydrogen (secondary N) is 2. The molecule has 1 unspecified atom stereocenters. The second-order valence-electron chi connectivity index (χ2n) is 7.49. The molecule has 0 saturated carbocycles. The first-order chi connectivity index (χ1) is 15.1. The summed E-state index contributed by atoms with van der Waals surface area (Å²) in [4.78, 5) is 17.6. The van der Waals surface area contributed by atoms with Crippen LogP contribution in [-0.2, 0) is 0 Å². The van der Waals surface area contributed by atoms with Crippen LogP contribution in [-0.4, -0.2) is 79.8 Å². The Bertz CT molecular complexity index is 795. The molecular weight excluding hydrogens is 397 g/mol. The van der Waals surface area contributed by atoms with Crippen LogP contribution in [0.15, 0.2) is 47.7 Å². The molecule has 0 bridgehead atoms. The Morgan fingerprint density at radius 3 is 2.52 bits per heavy atom. The van der Waals surface area contributed by atoms with Gasteiger partial charge < -0.3 is 20.3 Å². The van der Waals surface area contributed by atoms with Crippen molar-refractivity contribution in [3.05, 3.63) is 48.5 Å². The van der Waals surface area contributed by atoms with Crippen molar-refractivity contribution in [2.24, 2.45) is 4.99 Å². The Morgan fingerprint density at radius 1 is 1.13 bits per heavy atom. The van der Waals surface area contributed by atoms with Crippen LogP contribution < -0.4 is 20.3 Å². The number of guanidine groups is 1. The smallest absolute Gasteiger partial charge is 0.225 e. The Labute approximate surface area is 183 Å². The summed E-state index contributed by atoms with van der Waals surface area (Å²) in [5.41, 5.74) is 0. The fourth-order valence-electron chi connectivity index (χ4n) is 3.38. The molecule has 168 valence electrons. The monoisotopic (exact) mass is 429 g/mol. The van der Waals surface area contributed by atoms with Gasteiger partial charge in [-0.05, 0) is 50.2 Å². The zero-order valence-electron chi connectivity index (χ0n) is 18.3. The minimum Gasteiger partial charge on any atom is -0.489 e. The molecule has 0 spiro atoms. The standard InChI is InChI=1S/C22H32FN7O/c1-18(31-20-7-5-19(23)6-8-20)17-28-21(24-2)25-11-4-12-29-13-15-30(16-14-29)22-26-9-3-10-27-22/h3,5-10,18H,4,11-17H2,1-2H3,(H2,24,25,28). The van der Waals surface area contributed by atoms with Gasteiger partial charge in [0.05, 0.1) is 6.54 Å². The number of piperazine rings is 1. The number of anilines is 1. The molecule has 1 saturated heterocycles. The van der Waals surface area contributed by atoms with E-state index in [1.807, 2.05) is 13.0 Å². The van der Waals surface area contributed by atoms with Crippen LogP contribution in [0.3, 0.4) is 0 Å². The van der Waals surface area contributed by atoms with Crippen molar-refractivity contribution >= 4 is 11.9 Å². The Morgan fingerprint density at radius 2 is 1.84 bits per heavy atom. The zero-order valence-corrected chi connectivity index (χ0v) is 18.3. The van der Waals surface area contributed by atoms with Crippen LogP contribution in [0.4, 0.5) is 10.3 Å². The molecule has 2 aromatic rings. The molecule has 0 aliphatic carbocycles. The highest BCUT2D eigenvalue weighted by molar-refractivity contribution is 5.79. The number of hydrogen-bond acceptors (Lipinski definition) is 6. The van der Waals surface area contributed by atoms with E-state index in [0.29, 0.717) is 12.3 Å². The highest BCUT2D eigenvalue weighted by Gasteiger charge is 2.18. The lowest BCUT2D eigenvalue weighted by molar-refractivity contribution is 0.223. The molecular formula is C22H32FN7O. The topological polar surface area (TPSA) is 77.9 Å². The van der Waals surface area contributed by atoms with Crippen LogP contribution in [0.25, 0.3) is 0 Å². The summed E-state index contributed by atoms with van der Waals surface area (Å²) in [6.07, 6.45) is 4.53. The number of nitrogens with zero attached hydrogens (tertiary/aromatic N) is 5. The van der Waals surface area contributed by atoms with E-state index in [1.54, 1.807) is 31.6 Å². The molecule has 1 aromatic carbocycles. The van der Waals surface area contributed by atoms with Gasteiger partial charge in [0.25, 0.3) is 0 Å². The third kappa shape index (κ3) is 7.67. The minimum absolute atomic E-state index is 0.0751. The fourth-order valence-corrected chi connectivity index (χ4v) is 3.38. The first kappa shape index (κ1) is 22.7. The SMILES string of the molecule is CN=C(NCCCN1CCN(c2ncccn2)CC1)NCC(C)Oc1ccc(F)cc1. The van der Waals surface area contributed by atoms with E-state index >= 15 is 0 Å². The van der Waals surface area contributed by atoms with Gasteiger partial charge in [0, 0.05) is 52.2 Å². The molecule has 8 nitrogen and oxygen atoms in total. The van der Waals surface area contributed by atoms with Gasteiger partial charge in [0.15, 0.2) is 5.96 Å². The average Bonchev–Trinajstić information content (AvgIpc) is 2.81. The van der Waals surface area contributed by atoms with Crippen LogP contribution in [0.1, 0.15) is 13.3 Å². The lowest BCUT2D eigenvalue weighted by Gasteiger charge is -2.34. The number of rotatable bonds is 9. The minimum atomic E-state index is -0.269. The number of ether oxygens (including phenoxy) is 1. The molecule has 3 rings (SSSR count). The quantitative estimate of drug-likeness (QED) is 0.357. The lowest BCUT2D eigenvalue weighted by atomic mass is 10.3. The van der Waals surface area contributed by atoms with Gasteiger partial charge in [-0.2, -0.15) is 0 Å². The van der Waals surface area contributed by atoms with Gasteiger partial charge >= 0.3 is 0 Å². The zero-order chi connectivity index (χ0) is 21.9. The largest absolute Gasteiger partial charge is 0.489 e. The van der Waals surface area contributed by atoms with Crippen molar-refractivity contribution in [2.75, 3.05) is 57.8 Å². The van der Waals surface area contributed by atoms with E-state index < -0.39 is 0 Å². The van der Waals surface area contributed by atoms with Crippen molar-refractivity contribution in [3.8, 4) is 5.75 Å². The summed E-state index contributed by atoms with van der Waals surface area (Å²) in [6.45, 7) is 8.38. The first-order valence-corrected chi connectivity index (χ1v) is 10.7. The van der Waals surface area contributed by atoms with Gasteiger partial charge in [-0.25, -0.2) is 14.4 Å². The Kier molecular flexibility index (Phi) is 8.84. The molecule has 9 heteroatoms. The second kappa shape index (κ2) is 12.0. The van der Waals surface area contributed by atoms with Crippen molar-refractivity contribution in [2.45, 2.75) is 19.4 Å². The van der Waals surface area contributed by atoms with E-state index in [1.165, 1.54) is 12.1 Å². The summed E-state index contributed by atoms with van der Waals surface area (Å²) in [5.74, 6) is 1.95. The maximum atomic E-state index is 13.0. The van der Waals surface area contributed by atoms with Gasteiger partial charge in [-0.1, -0.05) is 0 Å². The van der Waals surface area contributed by atoms with Crippen LogP contribution >= 0.6 is 0 Å². The van der Waals surface area contributed by atoms with Crippen molar-refractivity contribution < 1.29 is 9.13 Å². The molecule has 0 amide bonds. The third-order valence-corrected chi connectivity index (χ3v) is 5.08. The van der Waals surface area contributed by atoms with E-state index in [2.05, 4.69) is 35.4 Å². The number of hydrogen-bond donors (Lipinski definition) is 2. The normalized spacial score (nSPS) is 16.1. The summed E-state index contributed by atoms with van der Waals surface area (Å²) >= 11 is 0. The molecule has 1 aromatic heterocycles. The number of aliphatic imine (C=N–C) groups is 1. The second-order valence-corrected chi connectivity index (χ2v) is 7.49. The third-order valence-electron chi connectivity index (χ3n) is 5.08. The summed E-state index contributed by atoms with van der Waals surface area (Å²) in [6, 6.07) is 7.89. The van der Waals surface area contributed by atoms with Crippen molar-refractivity contribution in [1.82, 2.24) is 25.5 Å². The first-order valence-electron chi connectivity index (χ1n) is 10.7. The van der Waals surface area contributed by atoms with Gasteiger partial charge in [-0.15, -0.1) is 0 Å². The van der Waals surface area contributed by atoms with E-state index in [-0.39, 0.29) is 11.9 Å². The summed E-state index contributed by atoms with van der Waals surface area (Å²) in [7, 11) is 1.76. The van der Waals surface area contributed by atoms with Crippen molar-refractivity contribution in [1.29, 1.82) is 0 Å². The predicted molar refractivity (Wildman–Crippen MR) is 121 cm³/mol. The van der Waals surface area contributed by atoms with E-state index in [9.17, 15) is 4.39 Å². The Hall–Kier alpha value is -2.94. The van der Waals surface area contributed by atoms with Gasteiger partial charge in [0.2, 0.25) is 5.95 Å². The molecule has 2 heterocycles. The van der Waals surface area contributed by atoms with Crippen molar-refractivity contribution in [3.63, 3.8) is 0 Å². The molecule has 1 fully saturated rings. The molecule has 1 aliphatic heterocycles. The maximum absolute atomic E-state index is 13.0. The summed E-state index contributed by atoms with van der Waals surface area (Å²) in [5, 5.41) is 6.62. The van der Waals surface area contributed by atoms with E-state index in [0.717, 1.165) is 57.6 Å². The predicted octanol–water partition coefficient (Wildman–Crippen LogP) is 1.76. The molecule has 2 N–H and O–H groups in total. The fraction of sp³-hybridized carbons (Fsp3) is 0.500. The van der Waals surface area contributed by atoms with Crippen LogP contribution in [0.2, 0.25) is 0 Å². The molecule has 1 atom stereocenters. The number of halogens is 1. The molecule has 1 aliphatic rings. The maximum Gasteiger partial charge on any atom is 0.225 e. The van der Waals surface area contributed by atoms with Crippen LogP contribution in [0.5, 0.6) is 5.75 Å². The van der Waals surface area contributed by atoms with Gasteiger partial charge in [-0.3, -0.25) is 9.89 Å². The number of benzene rings is 1. The van der Waals surface area contributed by atoms with E-state index in [4.69, 9.17) is 4.74 Å². The highest BCUT2D eigenvalue weighted by Crippen LogP contribution is 2.12. The van der Waals surface area contributed by atoms with Crippen LogP contribution in [0, 0.1) is 5.82 Å². The average molecular weight is 430 g/mol. The highest BCUT2D eigenvalue weighted by atomic mass is 19.1. The summed E-state index contributed by atoms with van der Waals surface area (Å²) < 4.78 is 18.8. The Balaban J connectivity index is 1.27.